The van der Waals surface area contributed by atoms with Gasteiger partial charge in [-0.2, -0.15) is 0 Å². The Kier molecular flexibility index (Phi) is 3.79. The molecule has 4 heteroatoms. The fraction of sp³-hybridized carbons (Fsp3) is 0.176. The van der Waals surface area contributed by atoms with Crippen molar-refractivity contribution in [3.8, 4) is 11.5 Å². The van der Waals surface area contributed by atoms with Crippen molar-refractivity contribution in [3.63, 3.8) is 0 Å². The molecule has 3 rings (SSSR count). The molecule has 0 aliphatic rings. The summed E-state index contributed by atoms with van der Waals surface area (Å²) in [6.45, 7) is 1.01. The largest absolute Gasteiger partial charge is 0.497 e. The second-order valence-corrected chi connectivity index (χ2v) is 4.83. The first-order chi connectivity index (χ1) is 10.3. The van der Waals surface area contributed by atoms with Crippen LogP contribution in [0.15, 0.2) is 48.7 Å². The van der Waals surface area contributed by atoms with Crippen LogP contribution in [-0.4, -0.2) is 12.1 Å². The minimum atomic E-state index is 0.490. The number of methoxy groups -OCH3 is 1. The van der Waals surface area contributed by atoms with E-state index in [4.69, 9.17) is 15.2 Å². The number of benzene rings is 2. The lowest BCUT2D eigenvalue weighted by atomic mass is 10.1. The van der Waals surface area contributed by atoms with Crippen LogP contribution in [0.5, 0.6) is 11.5 Å². The van der Waals surface area contributed by atoms with Crippen LogP contribution >= 0.6 is 0 Å². The molecule has 2 aromatic carbocycles. The predicted molar refractivity (Wildman–Crippen MR) is 83.5 cm³/mol. The molecule has 0 fully saturated rings. The number of H-pyrrole nitrogens is 1. The van der Waals surface area contributed by atoms with Gasteiger partial charge in [0.05, 0.1) is 7.11 Å². The number of nitrogens with one attached hydrogen (secondary N) is 1. The normalized spacial score (nSPS) is 10.8. The van der Waals surface area contributed by atoms with Crippen LogP contribution in [0.1, 0.15) is 11.1 Å². The molecule has 0 bridgehead atoms. The van der Waals surface area contributed by atoms with Crippen molar-refractivity contribution in [3.05, 3.63) is 59.8 Å². The van der Waals surface area contributed by atoms with E-state index in [1.54, 1.807) is 7.11 Å². The number of hydrogen-bond acceptors (Lipinski definition) is 3. The lowest BCUT2D eigenvalue weighted by molar-refractivity contribution is 0.305. The van der Waals surface area contributed by atoms with Crippen LogP contribution in [0.4, 0.5) is 0 Å². The number of aromatic amines is 1. The molecule has 21 heavy (non-hydrogen) atoms. The van der Waals surface area contributed by atoms with Crippen LogP contribution in [0.2, 0.25) is 0 Å². The third-order valence-corrected chi connectivity index (χ3v) is 3.53. The van der Waals surface area contributed by atoms with Gasteiger partial charge in [-0.15, -0.1) is 0 Å². The van der Waals surface area contributed by atoms with Crippen molar-refractivity contribution in [1.29, 1.82) is 0 Å². The molecule has 0 radical (unpaired) electrons. The molecule has 4 nitrogen and oxygen atoms in total. The Morgan fingerprint density at radius 2 is 1.86 bits per heavy atom. The zero-order chi connectivity index (χ0) is 14.7. The number of hydrogen-bond donors (Lipinski definition) is 2. The molecule has 0 saturated heterocycles. The van der Waals surface area contributed by atoms with Crippen molar-refractivity contribution in [2.75, 3.05) is 7.11 Å². The molecular formula is C17H18N2O2. The van der Waals surface area contributed by atoms with Crippen molar-refractivity contribution < 1.29 is 9.47 Å². The van der Waals surface area contributed by atoms with E-state index in [-0.39, 0.29) is 0 Å². The average molecular weight is 282 g/mol. The molecular weight excluding hydrogens is 264 g/mol. The van der Waals surface area contributed by atoms with E-state index in [0.29, 0.717) is 13.2 Å². The minimum Gasteiger partial charge on any atom is -0.497 e. The Labute approximate surface area is 123 Å². The molecule has 3 aromatic rings. The molecule has 108 valence electrons. The summed E-state index contributed by atoms with van der Waals surface area (Å²) in [5.74, 6) is 1.57. The number of fused-ring (bicyclic) bond motifs is 1. The molecule has 0 aliphatic carbocycles. The van der Waals surface area contributed by atoms with Crippen LogP contribution < -0.4 is 15.2 Å². The molecule has 0 atom stereocenters. The third kappa shape index (κ3) is 2.71. The van der Waals surface area contributed by atoms with Gasteiger partial charge in [-0.3, -0.25) is 0 Å². The minimum absolute atomic E-state index is 0.490. The summed E-state index contributed by atoms with van der Waals surface area (Å²) in [5.41, 5.74) is 9.13. The Morgan fingerprint density at radius 3 is 2.67 bits per heavy atom. The Bertz CT molecular complexity index is 749. The standard InChI is InChI=1S/C17H18N2O2/c1-20-14-5-3-6-15(8-14)21-11-13-10-19-16-7-2-4-12(9-18)17(13)16/h2-8,10,19H,9,11,18H2,1H3. The van der Waals surface area contributed by atoms with Crippen LogP contribution in [-0.2, 0) is 13.2 Å². The number of ether oxygens (including phenoxy) is 2. The summed E-state index contributed by atoms with van der Waals surface area (Å²) < 4.78 is 11.1. The maximum atomic E-state index is 5.86. The van der Waals surface area contributed by atoms with Gasteiger partial charge in [-0.05, 0) is 23.8 Å². The molecule has 0 unspecified atom stereocenters. The average Bonchev–Trinajstić information content (AvgIpc) is 2.96. The summed E-state index contributed by atoms with van der Waals surface area (Å²) in [7, 11) is 1.65. The van der Waals surface area contributed by atoms with Gasteiger partial charge in [0, 0.05) is 35.3 Å². The summed E-state index contributed by atoms with van der Waals surface area (Å²) >= 11 is 0. The fourth-order valence-electron chi connectivity index (χ4n) is 2.47. The molecule has 0 spiro atoms. The lowest BCUT2D eigenvalue weighted by Crippen LogP contribution is -2.00. The molecule has 3 N–H and O–H groups in total. The number of nitrogens with two attached hydrogens (primary N) is 1. The SMILES string of the molecule is COc1cccc(OCc2c[nH]c3cccc(CN)c23)c1. The Balaban J connectivity index is 1.85. The maximum Gasteiger partial charge on any atom is 0.123 e. The van der Waals surface area contributed by atoms with Gasteiger partial charge in [0.25, 0.3) is 0 Å². The van der Waals surface area contributed by atoms with Gasteiger partial charge in [-0.25, -0.2) is 0 Å². The van der Waals surface area contributed by atoms with E-state index in [9.17, 15) is 0 Å². The number of aromatic nitrogens is 1. The van der Waals surface area contributed by atoms with Gasteiger partial charge < -0.3 is 20.2 Å². The van der Waals surface area contributed by atoms with Crippen molar-refractivity contribution in [2.45, 2.75) is 13.2 Å². The summed E-state index contributed by atoms with van der Waals surface area (Å²) in [4.78, 5) is 3.26. The van der Waals surface area contributed by atoms with E-state index in [0.717, 1.165) is 33.5 Å². The zero-order valence-electron chi connectivity index (χ0n) is 11.9. The van der Waals surface area contributed by atoms with Crippen LogP contribution in [0.25, 0.3) is 10.9 Å². The van der Waals surface area contributed by atoms with E-state index >= 15 is 0 Å². The summed E-state index contributed by atoms with van der Waals surface area (Å²) in [6.07, 6.45) is 1.98. The molecule has 1 heterocycles. The quantitative estimate of drug-likeness (QED) is 0.755. The lowest BCUT2D eigenvalue weighted by Gasteiger charge is -2.08. The van der Waals surface area contributed by atoms with Crippen molar-refractivity contribution in [2.24, 2.45) is 5.73 Å². The highest BCUT2D eigenvalue weighted by atomic mass is 16.5. The van der Waals surface area contributed by atoms with E-state index in [1.807, 2.05) is 48.7 Å². The van der Waals surface area contributed by atoms with Crippen molar-refractivity contribution >= 4 is 10.9 Å². The molecule has 0 amide bonds. The van der Waals surface area contributed by atoms with Gasteiger partial charge in [0.2, 0.25) is 0 Å². The van der Waals surface area contributed by atoms with Gasteiger partial charge in [-0.1, -0.05) is 18.2 Å². The van der Waals surface area contributed by atoms with E-state index in [1.165, 1.54) is 0 Å². The third-order valence-electron chi connectivity index (χ3n) is 3.53. The van der Waals surface area contributed by atoms with E-state index in [2.05, 4.69) is 4.98 Å². The van der Waals surface area contributed by atoms with Gasteiger partial charge in [0.15, 0.2) is 0 Å². The van der Waals surface area contributed by atoms with Crippen molar-refractivity contribution in [1.82, 2.24) is 4.98 Å². The first-order valence-corrected chi connectivity index (χ1v) is 6.86. The smallest absolute Gasteiger partial charge is 0.123 e. The topological polar surface area (TPSA) is 60.3 Å². The number of rotatable bonds is 5. The first-order valence-electron chi connectivity index (χ1n) is 6.86. The van der Waals surface area contributed by atoms with Crippen LogP contribution in [0.3, 0.4) is 0 Å². The second-order valence-electron chi connectivity index (χ2n) is 4.83. The Hall–Kier alpha value is -2.46. The maximum absolute atomic E-state index is 5.86. The summed E-state index contributed by atoms with van der Waals surface area (Å²) in [6, 6.07) is 13.7. The molecule has 1 aromatic heterocycles. The van der Waals surface area contributed by atoms with E-state index < -0.39 is 0 Å². The molecule has 0 saturated carbocycles. The Morgan fingerprint density at radius 1 is 1.05 bits per heavy atom. The summed E-state index contributed by atoms with van der Waals surface area (Å²) in [5, 5.41) is 1.16. The van der Waals surface area contributed by atoms with Crippen LogP contribution in [0, 0.1) is 0 Å². The highest BCUT2D eigenvalue weighted by molar-refractivity contribution is 5.86. The monoisotopic (exact) mass is 282 g/mol. The highest BCUT2D eigenvalue weighted by Crippen LogP contribution is 2.25. The first kappa shape index (κ1) is 13.5. The fourth-order valence-corrected chi connectivity index (χ4v) is 2.47. The van der Waals surface area contributed by atoms with Gasteiger partial charge >= 0.3 is 0 Å². The zero-order valence-corrected chi connectivity index (χ0v) is 11.9. The van der Waals surface area contributed by atoms with Gasteiger partial charge in [0.1, 0.15) is 18.1 Å². The second kappa shape index (κ2) is 5.89. The molecule has 0 aliphatic heterocycles. The predicted octanol–water partition coefficient (Wildman–Crippen LogP) is 3.21. The highest BCUT2D eigenvalue weighted by Gasteiger charge is 2.08.